The summed E-state index contributed by atoms with van der Waals surface area (Å²) in [5.74, 6) is -0.496. The van der Waals surface area contributed by atoms with Crippen LogP contribution >= 0.6 is 46.4 Å². The Balaban J connectivity index is 2.63. The summed E-state index contributed by atoms with van der Waals surface area (Å²) in [6, 6.07) is 11.3. The smallest absolute Gasteiger partial charge is 0.283 e. The number of benzene rings is 3. The molecule has 0 bridgehead atoms. The third kappa shape index (κ3) is 3.77. The highest BCUT2D eigenvalue weighted by Crippen LogP contribution is 2.51. The molecule has 1 atom stereocenters. The lowest BCUT2D eigenvalue weighted by atomic mass is 9.83. The SMILES string of the molecule is O=S(=O)(O)C(c1cccc(O)c1)(c1ccc(O)cc1Cl)c1cc(Cl)cc(Cl)c1Cl. The summed E-state index contributed by atoms with van der Waals surface area (Å²) in [5, 5.41) is 19.3. The largest absolute Gasteiger partial charge is 0.508 e. The van der Waals surface area contributed by atoms with E-state index in [1.54, 1.807) is 0 Å². The van der Waals surface area contributed by atoms with E-state index < -0.39 is 14.9 Å². The molecule has 5 nitrogen and oxygen atoms in total. The minimum Gasteiger partial charge on any atom is -0.508 e. The lowest BCUT2D eigenvalue weighted by Gasteiger charge is -2.34. The molecule has 152 valence electrons. The van der Waals surface area contributed by atoms with Crippen molar-refractivity contribution in [1.82, 2.24) is 0 Å². The van der Waals surface area contributed by atoms with Crippen LogP contribution in [0, 0.1) is 0 Å². The molecule has 0 heterocycles. The van der Waals surface area contributed by atoms with Gasteiger partial charge in [0.2, 0.25) is 0 Å². The molecule has 0 radical (unpaired) electrons. The lowest BCUT2D eigenvalue weighted by Crippen LogP contribution is -2.39. The van der Waals surface area contributed by atoms with Gasteiger partial charge in [0.1, 0.15) is 11.5 Å². The lowest BCUT2D eigenvalue weighted by molar-refractivity contribution is 0.455. The third-order valence-electron chi connectivity index (χ3n) is 4.34. The Morgan fingerprint density at radius 1 is 0.759 bits per heavy atom. The average Bonchev–Trinajstić information content (AvgIpc) is 2.60. The highest BCUT2D eigenvalue weighted by atomic mass is 35.5. The first-order valence-electron chi connectivity index (χ1n) is 7.89. The standard InChI is InChI=1S/C19H12Cl4O5S/c20-11-7-15(18(23)17(22)8-11)19(29(26,27)28,10-2-1-3-12(24)6-10)14-5-4-13(25)9-16(14)21/h1-9,24-25H,(H,26,27,28). The highest BCUT2D eigenvalue weighted by molar-refractivity contribution is 7.87. The predicted octanol–water partition coefficient (Wildman–Crippen LogP) is 5.89. The summed E-state index contributed by atoms with van der Waals surface area (Å²) < 4.78 is 34.1. The van der Waals surface area contributed by atoms with Crippen LogP contribution in [0.15, 0.2) is 54.6 Å². The van der Waals surface area contributed by atoms with Crippen LogP contribution in [0.4, 0.5) is 0 Å². The number of aromatic hydroxyl groups is 2. The first-order chi connectivity index (χ1) is 13.5. The minimum atomic E-state index is -5.07. The van der Waals surface area contributed by atoms with E-state index in [9.17, 15) is 23.2 Å². The zero-order chi connectivity index (χ0) is 21.6. The number of phenols is 2. The minimum absolute atomic E-state index is 0.0532. The second kappa shape index (κ2) is 7.87. The summed E-state index contributed by atoms with van der Waals surface area (Å²) in [6.07, 6.45) is 0. The Kier molecular flexibility index (Phi) is 5.98. The van der Waals surface area contributed by atoms with E-state index in [0.717, 1.165) is 12.1 Å². The summed E-state index contributed by atoms with van der Waals surface area (Å²) >= 11 is 24.9. The van der Waals surface area contributed by atoms with Gasteiger partial charge in [-0.15, -0.1) is 0 Å². The fraction of sp³-hybridized carbons (Fsp3) is 0.0526. The maximum Gasteiger partial charge on any atom is 0.283 e. The summed E-state index contributed by atoms with van der Waals surface area (Å²) in [5.41, 5.74) is -0.393. The fourth-order valence-electron chi connectivity index (χ4n) is 3.21. The predicted molar refractivity (Wildman–Crippen MR) is 114 cm³/mol. The molecular weight excluding hydrogens is 482 g/mol. The zero-order valence-electron chi connectivity index (χ0n) is 14.3. The maximum absolute atomic E-state index is 13.0. The highest BCUT2D eigenvalue weighted by Gasteiger charge is 2.51. The monoisotopic (exact) mass is 492 g/mol. The number of hydrogen-bond donors (Lipinski definition) is 3. The van der Waals surface area contributed by atoms with Gasteiger partial charge in [0.05, 0.1) is 10.0 Å². The molecule has 0 amide bonds. The van der Waals surface area contributed by atoms with Gasteiger partial charge < -0.3 is 10.2 Å². The van der Waals surface area contributed by atoms with Crippen molar-refractivity contribution in [2.24, 2.45) is 0 Å². The van der Waals surface area contributed by atoms with E-state index in [4.69, 9.17) is 46.4 Å². The van der Waals surface area contributed by atoms with Crippen LogP contribution in [-0.2, 0) is 14.9 Å². The van der Waals surface area contributed by atoms with E-state index in [1.165, 1.54) is 42.5 Å². The number of halogens is 4. The van der Waals surface area contributed by atoms with Crippen LogP contribution in [0.3, 0.4) is 0 Å². The summed E-state index contributed by atoms with van der Waals surface area (Å²) in [4.78, 5) is 0. The van der Waals surface area contributed by atoms with E-state index >= 15 is 0 Å². The van der Waals surface area contributed by atoms with Gasteiger partial charge in [-0.25, -0.2) is 0 Å². The fourth-order valence-corrected chi connectivity index (χ4v) is 5.70. The third-order valence-corrected chi connectivity index (χ3v) is 7.13. The second-order valence-electron chi connectivity index (χ2n) is 6.12. The van der Waals surface area contributed by atoms with Crippen LogP contribution < -0.4 is 0 Å². The van der Waals surface area contributed by atoms with Gasteiger partial charge in [-0.3, -0.25) is 4.55 Å². The molecule has 3 rings (SSSR count). The van der Waals surface area contributed by atoms with Crippen molar-refractivity contribution in [3.8, 4) is 11.5 Å². The van der Waals surface area contributed by atoms with E-state index in [1.807, 2.05) is 0 Å². The van der Waals surface area contributed by atoms with Crippen LogP contribution in [0.2, 0.25) is 20.1 Å². The normalized spacial score (nSPS) is 13.8. The quantitative estimate of drug-likeness (QED) is 0.239. The topological polar surface area (TPSA) is 94.8 Å². The van der Waals surface area contributed by atoms with Gasteiger partial charge >= 0.3 is 0 Å². The molecule has 10 heteroatoms. The zero-order valence-corrected chi connectivity index (χ0v) is 18.1. The van der Waals surface area contributed by atoms with Crippen LogP contribution in [0.1, 0.15) is 16.7 Å². The molecule has 0 aromatic heterocycles. The van der Waals surface area contributed by atoms with Gasteiger partial charge in [-0.05, 0) is 42.0 Å². The van der Waals surface area contributed by atoms with Gasteiger partial charge in [-0.2, -0.15) is 8.42 Å². The van der Waals surface area contributed by atoms with Crippen LogP contribution in [-0.4, -0.2) is 23.2 Å². The van der Waals surface area contributed by atoms with Crippen molar-refractivity contribution in [2.75, 3.05) is 0 Å². The molecule has 3 N–H and O–H groups in total. The first-order valence-corrected chi connectivity index (χ1v) is 10.8. The van der Waals surface area contributed by atoms with Crippen molar-refractivity contribution in [3.05, 3.63) is 91.4 Å². The van der Waals surface area contributed by atoms with Gasteiger partial charge in [-0.1, -0.05) is 64.6 Å². The van der Waals surface area contributed by atoms with Crippen molar-refractivity contribution >= 4 is 56.5 Å². The van der Waals surface area contributed by atoms with Gasteiger partial charge in [0.25, 0.3) is 10.1 Å². The van der Waals surface area contributed by atoms with Crippen molar-refractivity contribution < 1.29 is 23.2 Å². The molecule has 3 aromatic carbocycles. The van der Waals surface area contributed by atoms with Crippen LogP contribution in [0.25, 0.3) is 0 Å². The summed E-state index contributed by atoms with van der Waals surface area (Å²) in [6.45, 7) is 0. The maximum atomic E-state index is 13.0. The molecule has 0 aliphatic heterocycles. The van der Waals surface area contributed by atoms with E-state index in [-0.39, 0.29) is 48.3 Å². The van der Waals surface area contributed by atoms with Gasteiger partial charge in [0.15, 0.2) is 4.75 Å². The molecule has 0 aliphatic carbocycles. The Morgan fingerprint density at radius 2 is 1.41 bits per heavy atom. The molecule has 0 aliphatic rings. The summed E-state index contributed by atoms with van der Waals surface area (Å²) in [7, 11) is -5.07. The molecule has 0 saturated carbocycles. The molecule has 1 unspecified atom stereocenters. The number of hydrogen-bond acceptors (Lipinski definition) is 4. The number of rotatable bonds is 4. The molecular formula is C19H12Cl4O5S. The van der Waals surface area contributed by atoms with Crippen molar-refractivity contribution in [3.63, 3.8) is 0 Å². The number of phenolic OH excluding ortho intramolecular Hbond substituents is 2. The van der Waals surface area contributed by atoms with E-state index in [0.29, 0.717) is 0 Å². The Labute approximate surface area is 186 Å². The molecule has 0 saturated heterocycles. The Morgan fingerprint density at radius 3 is 2.00 bits per heavy atom. The molecule has 3 aromatic rings. The Bertz CT molecular complexity index is 1210. The molecule has 29 heavy (non-hydrogen) atoms. The average molecular weight is 494 g/mol. The molecule has 0 fully saturated rings. The molecule has 0 spiro atoms. The second-order valence-corrected chi connectivity index (χ2v) is 9.31. The van der Waals surface area contributed by atoms with Gasteiger partial charge in [0, 0.05) is 21.2 Å². The van der Waals surface area contributed by atoms with Crippen molar-refractivity contribution in [2.45, 2.75) is 4.75 Å². The van der Waals surface area contributed by atoms with E-state index in [2.05, 4.69) is 0 Å². The van der Waals surface area contributed by atoms with Crippen molar-refractivity contribution in [1.29, 1.82) is 0 Å². The first kappa shape index (κ1) is 22.0. The Hall–Kier alpha value is -1.67. The van der Waals surface area contributed by atoms with Crippen LogP contribution in [0.5, 0.6) is 11.5 Å².